The molecule has 0 unspecified atom stereocenters. The van der Waals surface area contributed by atoms with Crippen molar-refractivity contribution < 1.29 is 16.4 Å². The molecule has 0 spiro atoms. The molecule has 0 atom stereocenters. The molecule has 0 aromatic heterocycles. The SMILES string of the molecule is [In+3].[OH-].[OH-].[OH-].[Sb]. The summed E-state index contributed by atoms with van der Waals surface area (Å²) in [5.74, 6) is 0. The van der Waals surface area contributed by atoms with Crippen LogP contribution in [0.15, 0.2) is 0 Å². The molecule has 0 aliphatic rings. The quantitative estimate of drug-likeness (QED) is 0.519. The van der Waals surface area contributed by atoms with E-state index < -0.39 is 0 Å². The van der Waals surface area contributed by atoms with Gasteiger partial charge in [-0.05, 0) is 0 Å². The zero-order valence-corrected chi connectivity index (χ0v) is 8.21. The van der Waals surface area contributed by atoms with Crippen molar-refractivity contribution >= 4 is 50.3 Å². The van der Waals surface area contributed by atoms with Gasteiger partial charge in [0, 0.05) is 24.4 Å². The van der Waals surface area contributed by atoms with Crippen LogP contribution in [-0.4, -0.2) is 66.7 Å². The Hall–Kier alpha value is 1.57. The van der Waals surface area contributed by atoms with Crippen LogP contribution >= 0.6 is 0 Å². The van der Waals surface area contributed by atoms with E-state index in [9.17, 15) is 0 Å². The minimum atomic E-state index is 0. The molecule has 0 aromatic carbocycles. The largest absolute Gasteiger partial charge is 3.00 e. The van der Waals surface area contributed by atoms with Gasteiger partial charge in [-0.15, -0.1) is 0 Å². The average molecular weight is 288 g/mol. The molecule has 3 nitrogen and oxygen atoms in total. The molecule has 5 heavy (non-hydrogen) atoms. The second kappa shape index (κ2) is 47.2. The second-order valence-electron chi connectivity index (χ2n) is 0. The van der Waals surface area contributed by atoms with Crippen molar-refractivity contribution in [1.29, 1.82) is 0 Å². The van der Waals surface area contributed by atoms with Crippen LogP contribution in [0.4, 0.5) is 0 Å². The molecule has 0 aromatic rings. The molecule has 0 heterocycles. The Bertz CT molecular complexity index is 6.85. The van der Waals surface area contributed by atoms with Gasteiger partial charge in [-0.1, -0.05) is 0 Å². The Morgan fingerprint density at radius 3 is 0.600 bits per heavy atom. The standard InChI is InChI=1S/In.3H2O.Sb/h;3*1H2;/q+3;;;;/p-3. The zero-order chi connectivity index (χ0) is 0. The molecule has 0 aliphatic carbocycles. The van der Waals surface area contributed by atoms with Gasteiger partial charge in [0.25, 0.3) is 0 Å². The first-order valence-electron chi connectivity index (χ1n) is 0. The van der Waals surface area contributed by atoms with Gasteiger partial charge >= 0.3 is 25.8 Å². The van der Waals surface area contributed by atoms with E-state index in [0.717, 1.165) is 0 Å². The minimum absolute atomic E-state index is 0. The number of hydrogen-bond acceptors (Lipinski definition) is 3. The Morgan fingerprint density at radius 2 is 0.600 bits per heavy atom. The molecule has 3 radical (unpaired) electrons. The molecular weight excluding hydrogens is 285 g/mol. The zero-order valence-electron chi connectivity index (χ0n) is 2.37. The first kappa shape index (κ1) is 82.8. The summed E-state index contributed by atoms with van der Waals surface area (Å²) in [6.45, 7) is 0. The van der Waals surface area contributed by atoms with E-state index in [4.69, 9.17) is 0 Å². The van der Waals surface area contributed by atoms with Gasteiger partial charge in [0.1, 0.15) is 0 Å². The predicted molar refractivity (Wildman–Crippen MR) is 17.3 cm³/mol. The summed E-state index contributed by atoms with van der Waals surface area (Å²) in [4.78, 5) is 0. The molecule has 0 saturated heterocycles. The maximum Gasteiger partial charge on any atom is 3.00 e. The first-order chi connectivity index (χ1) is 0. The first-order valence-corrected chi connectivity index (χ1v) is 0. The van der Waals surface area contributed by atoms with E-state index in [1.807, 2.05) is 0 Å². The molecule has 5 heteroatoms. The molecule has 0 saturated carbocycles. The third-order valence-electron chi connectivity index (χ3n) is 0. The van der Waals surface area contributed by atoms with Gasteiger partial charge in [-0.2, -0.15) is 0 Å². The summed E-state index contributed by atoms with van der Waals surface area (Å²) >= 11 is 0. The van der Waals surface area contributed by atoms with Crippen molar-refractivity contribution in [3.05, 3.63) is 0 Å². The monoisotopic (exact) mass is 287 g/mol. The third-order valence-corrected chi connectivity index (χ3v) is 0. The van der Waals surface area contributed by atoms with Crippen LogP contribution in [0.2, 0.25) is 0 Å². The van der Waals surface area contributed by atoms with Crippen molar-refractivity contribution in [2.24, 2.45) is 0 Å². The molecule has 29 valence electrons. The van der Waals surface area contributed by atoms with Gasteiger partial charge in [-0.25, -0.2) is 0 Å². The topological polar surface area (TPSA) is 90.0 Å². The summed E-state index contributed by atoms with van der Waals surface area (Å²) < 4.78 is 0. The summed E-state index contributed by atoms with van der Waals surface area (Å²) in [6, 6.07) is 0. The van der Waals surface area contributed by atoms with Crippen molar-refractivity contribution in [3.8, 4) is 0 Å². The summed E-state index contributed by atoms with van der Waals surface area (Å²) in [5, 5.41) is 0. The van der Waals surface area contributed by atoms with Crippen LogP contribution in [-0.2, 0) is 0 Å². The van der Waals surface area contributed by atoms with Gasteiger partial charge in [0.2, 0.25) is 0 Å². The summed E-state index contributed by atoms with van der Waals surface area (Å²) in [6.07, 6.45) is 0. The fourth-order valence-corrected chi connectivity index (χ4v) is 0. The maximum atomic E-state index is 0. The van der Waals surface area contributed by atoms with Crippen molar-refractivity contribution in [3.63, 3.8) is 0 Å². The van der Waals surface area contributed by atoms with E-state index in [0.29, 0.717) is 0 Å². The van der Waals surface area contributed by atoms with Crippen LogP contribution in [0.5, 0.6) is 0 Å². The van der Waals surface area contributed by atoms with E-state index >= 15 is 0 Å². The van der Waals surface area contributed by atoms with E-state index in [2.05, 4.69) is 0 Å². The Kier molecular flexibility index (Phi) is 782. The molecule has 3 N–H and O–H groups in total. The smallest absolute Gasteiger partial charge is 0.870 e. The second-order valence-corrected chi connectivity index (χ2v) is 0. The summed E-state index contributed by atoms with van der Waals surface area (Å²) in [7, 11) is 0. The van der Waals surface area contributed by atoms with Gasteiger partial charge in [-0.3, -0.25) is 0 Å². The fourth-order valence-electron chi connectivity index (χ4n) is 0. The number of hydrogen-bond donors (Lipinski definition) is 0. The van der Waals surface area contributed by atoms with Crippen molar-refractivity contribution in [2.75, 3.05) is 0 Å². The normalized spacial score (nSPS) is 0. The Balaban J connectivity index is 0. The van der Waals surface area contributed by atoms with Gasteiger partial charge in [0.15, 0.2) is 0 Å². The summed E-state index contributed by atoms with van der Waals surface area (Å²) in [5.41, 5.74) is 0. The van der Waals surface area contributed by atoms with Gasteiger partial charge in [0.05, 0.1) is 0 Å². The Labute approximate surface area is 66.3 Å². The van der Waals surface area contributed by atoms with Gasteiger partial charge < -0.3 is 16.4 Å². The molecule has 0 amide bonds. The molecule has 0 rings (SSSR count). The third kappa shape index (κ3) is 28.8. The fraction of sp³-hybridized carbons (Fsp3) is 0. The molecule has 0 bridgehead atoms. The van der Waals surface area contributed by atoms with Crippen molar-refractivity contribution in [2.45, 2.75) is 0 Å². The minimum Gasteiger partial charge on any atom is -0.870 e. The van der Waals surface area contributed by atoms with E-state index in [1.54, 1.807) is 0 Å². The van der Waals surface area contributed by atoms with Crippen LogP contribution < -0.4 is 0 Å². The maximum absolute atomic E-state index is 0. The molecular formula is H3InO3Sb. The Morgan fingerprint density at radius 1 is 0.600 bits per heavy atom. The molecule has 0 aliphatic heterocycles. The number of rotatable bonds is 0. The van der Waals surface area contributed by atoms with Crippen molar-refractivity contribution in [1.82, 2.24) is 0 Å². The average Bonchev–Trinajstić information content (AvgIpc) is 0. The van der Waals surface area contributed by atoms with E-state index in [1.165, 1.54) is 0 Å². The van der Waals surface area contributed by atoms with Crippen LogP contribution in [0, 0.1) is 0 Å². The van der Waals surface area contributed by atoms with Crippen LogP contribution in [0.1, 0.15) is 0 Å². The predicted octanol–water partition coefficient (Wildman–Crippen LogP) is -1.29. The molecule has 0 fully saturated rings. The van der Waals surface area contributed by atoms with Crippen LogP contribution in [0.3, 0.4) is 0 Å². The van der Waals surface area contributed by atoms with E-state index in [-0.39, 0.29) is 66.7 Å². The van der Waals surface area contributed by atoms with Crippen LogP contribution in [0.25, 0.3) is 0 Å².